The van der Waals surface area contributed by atoms with Crippen molar-refractivity contribution in [1.82, 2.24) is 9.55 Å². The van der Waals surface area contributed by atoms with Gasteiger partial charge in [-0.25, -0.2) is 0 Å². The smallest absolute Gasteiger partial charge is 0.0998 e. The number of fused-ring (bicyclic) bond motifs is 3. The van der Waals surface area contributed by atoms with E-state index < -0.39 is 0 Å². The number of nitriles is 1. The molecule has 0 aliphatic heterocycles. The molecule has 0 fully saturated rings. The first-order chi connectivity index (χ1) is 15.0. The minimum atomic E-state index is 0.0579. The van der Waals surface area contributed by atoms with Gasteiger partial charge in [-0.15, -0.1) is 0 Å². The van der Waals surface area contributed by atoms with Crippen molar-refractivity contribution in [1.29, 1.82) is 5.26 Å². The molecule has 0 spiro atoms. The first-order valence-corrected chi connectivity index (χ1v) is 10.5. The molecule has 0 aliphatic rings. The third kappa shape index (κ3) is 3.17. The van der Waals surface area contributed by atoms with Crippen LogP contribution in [0.1, 0.15) is 31.9 Å². The lowest BCUT2D eigenvalue weighted by molar-refractivity contribution is 0.591. The van der Waals surface area contributed by atoms with Gasteiger partial charge in [-0.05, 0) is 59.0 Å². The van der Waals surface area contributed by atoms with Gasteiger partial charge >= 0.3 is 0 Å². The molecular weight excluding hydrogens is 378 g/mol. The molecule has 0 saturated carbocycles. The fourth-order valence-corrected chi connectivity index (χ4v) is 4.25. The maximum Gasteiger partial charge on any atom is 0.0998 e. The number of pyridine rings is 1. The summed E-state index contributed by atoms with van der Waals surface area (Å²) < 4.78 is 2.31. The predicted molar refractivity (Wildman–Crippen MR) is 127 cm³/mol. The molecule has 0 radical (unpaired) electrons. The monoisotopic (exact) mass is 401 g/mol. The summed E-state index contributed by atoms with van der Waals surface area (Å²) in [6, 6.07) is 27.6. The molecule has 0 N–H and O–H groups in total. The Kier molecular flexibility index (Phi) is 4.38. The van der Waals surface area contributed by atoms with E-state index in [-0.39, 0.29) is 5.41 Å². The number of benzene rings is 3. The van der Waals surface area contributed by atoms with E-state index in [4.69, 9.17) is 0 Å². The topological polar surface area (TPSA) is 41.6 Å². The maximum atomic E-state index is 9.70. The SMILES string of the molecule is CC(C)(C)c1ccc2c3ccccc3n(-c3ccc(C#N)c(-c4ccncc4)c3)c2c1. The molecule has 0 saturated heterocycles. The van der Waals surface area contributed by atoms with E-state index in [0.29, 0.717) is 5.56 Å². The third-order valence-electron chi connectivity index (χ3n) is 5.91. The Morgan fingerprint density at radius 3 is 2.29 bits per heavy atom. The van der Waals surface area contributed by atoms with Crippen LogP contribution in [-0.4, -0.2) is 9.55 Å². The fourth-order valence-electron chi connectivity index (χ4n) is 4.25. The van der Waals surface area contributed by atoms with E-state index in [9.17, 15) is 5.26 Å². The van der Waals surface area contributed by atoms with Gasteiger partial charge in [0.1, 0.15) is 0 Å². The molecule has 150 valence electrons. The zero-order valence-electron chi connectivity index (χ0n) is 17.9. The summed E-state index contributed by atoms with van der Waals surface area (Å²) in [5.41, 5.74) is 7.31. The van der Waals surface area contributed by atoms with Crippen LogP contribution in [0.4, 0.5) is 0 Å². The quantitative estimate of drug-likeness (QED) is 0.319. The van der Waals surface area contributed by atoms with Crippen LogP contribution in [0.15, 0.2) is 85.2 Å². The van der Waals surface area contributed by atoms with Crippen LogP contribution in [0.2, 0.25) is 0 Å². The average Bonchev–Trinajstić information content (AvgIpc) is 3.12. The van der Waals surface area contributed by atoms with Gasteiger partial charge in [-0.3, -0.25) is 4.98 Å². The Labute approximate surface area is 182 Å². The van der Waals surface area contributed by atoms with Gasteiger partial charge in [0.05, 0.1) is 22.7 Å². The van der Waals surface area contributed by atoms with E-state index >= 15 is 0 Å². The molecule has 3 heteroatoms. The summed E-state index contributed by atoms with van der Waals surface area (Å²) in [6.45, 7) is 6.72. The Morgan fingerprint density at radius 2 is 1.55 bits per heavy atom. The van der Waals surface area contributed by atoms with Crippen molar-refractivity contribution in [3.63, 3.8) is 0 Å². The predicted octanol–water partition coefficient (Wildman–Crippen LogP) is 7.01. The summed E-state index contributed by atoms with van der Waals surface area (Å²) in [5.74, 6) is 0. The Hall–Kier alpha value is -3.90. The van der Waals surface area contributed by atoms with Crippen molar-refractivity contribution in [3.8, 4) is 22.9 Å². The number of para-hydroxylation sites is 1. The summed E-state index contributed by atoms with van der Waals surface area (Å²) in [7, 11) is 0. The minimum absolute atomic E-state index is 0.0579. The standard InChI is InChI=1S/C28H23N3/c1-28(2,3)21-9-11-24-23-6-4-5-7-26(23)31(27(24)16-21)22-10-8-20(18-29)25(17-22)19-12-14-30-15-13-19/h4-17H,1-3H3. The first kappa shape index (κ1) is 19.1. The molecule has 0 bridgehead atoms. The number of hydrogen-bond acceptors (Lipinski definition) is 2. The lowest BCUT2D eigenvalue weighted by atomic mass is 9.86. The molecule has 2 aromatic heterocycles. The van der Waals surface area contributed by atoms with Crippen LogP contribution in [0.5, 0.6) is 0 Å². The fraction of sp³-hybridized carbons (Fsp3) is 0.143. The highest BCUT2D eigenvalue weighted by atomic mass is 15.0. The minimum Gasteiger partial charge on any atom is -0.309 e. The van der Waals surface area contributed by atoms with E-state index in [1.807, 2.05) is 24.3 Å². The molecule has 0 amide bonds. The highest BCUT2D eigenvalue weighted by Gasteiger charge is 2.18. The van der Waals surface area contributed by atoms with Crippen molar-refractivity contribution in [2.24, 2.45) is 0 Å². The number of hydrogen-bond donors (Lipinski definition) is 0. The van der Waals surface area contributed by atoms with Crippen molar-refractivity contribution < 1.29 is 0 Å². The Morgan fingerprint density at radius 1 is 0.806 bits per heavy atom. The Bertz CT molecular complexity index is 1460. The van der Waals surface area contributed by atoms with E-state index in [1.165, 1.54) is 21.9 Å². The lowest BCUT2D eigenvalue weighted by Crippen LogP contribution is -2.10. The van der Waals surface area contributed by atoms with Gasteiger partial charge in [0.25, 0.3) is 0 Å². The van der Waals surface area contributed by atoms with Gasteiger partial charge in [0, 0.05) is 34.4 Å². The normalized spacial score (nSPS) is 11.7. The van der Waals surface area contributed by atoms with Gasteiger partial charge in [-0.2, -0.15) is 5.26 Å². The molecule has 0 aliphatic carbocycles. The highest BCUT2D eigenvalue weighted by molar-refractivity contribution is 6.09. The van der Waals surface area contributed by atoms with Gasteiger partial charge in [0.15, 0.2) is 0 Å². The molecule has 0 unspecified atom stereocenters. The van der Waals surface area contributed by atoms with Crippen molar-refractivity contribution >= 4 is 21.8 Å². The second-order valence-electron chi connectivity index (χ2n) is 8.91. The van der Waals surface area contributed by atoms with Crippen LogP contribution in [0.25, 0.3) is 38.6 Å². The molecule has 3 nitrogen and oxygen atoms in total. The molecule has 0 atom stereocenters. The van der Waals surface area contributed by atoms with Gasteiger partial charge in [-0.1, -0.05) is 51.1 Å². The summed E-state index contributed by atoms with van der Waals surface area (Å²) >= 11 is 0. The van der Waals surface area contributed by atoms with Crippen LogP contribution in [0.3, 0.4) is 0 Å². The molecule has 31 heavy (non-hydrogen) atoms. The van der Waals surface area contributed by atoms with E-state index in [1.54, 1.807) is 12.4 Å². The van der Waals surface area contributed by atoms with Crippen molar-refractivity contribution in [3.05, 3.63) is 96.3 Å². The number of rotatable bonds is 2. The van der Waals surface area contributed by atoms with Crippen LogP contribution in [-0.2, 0) is 5.41 Å². The molecule has 5 rings (SSSR count). The lowest BCUT2D eigenvalue weighted by Gasteiger charge is -2.19. The van der Waals surface area contributed by atoms with Crippen molar-refractivity contribution in [2.45, 2.75) is 26.2 Å². The Balaban J connectivity index is 1.85. The summed E-state index contributed by atoms with van der Waals surface area (Å²) in [4.78, 5) is 4.13. The largest absolute Gasteiger partial charge is 0.309 e. The maximum absolute atomic E-state index is 9.70. The van der Waals surface area contributed by atoms with Crippen LogP contribution >= 0.6 is 0 Å². The van der Waals surface area contributed by atoms with Gasteiger partial charge < -0.3 is 4.57 Å². The summed E-state index contributed by atoms with van der Waals surface area (Å²) in [5, 5.41) is 12.2. The number of nitrogens with zero attached hydrogens (tertiary/aromatic N) is 3. The molecular formula is C28H23N3. The highest BCUT2D eigenvalue weighted by Crippen LogP contribution is 2.36. The zero-order chi connectivity index (χ0) is 21.6. The summed E-state index contributed by atoms with van der Waals surface area (Å²) in [6.07, 6.45) is 3.53. The van der Waals surface area contributed by atoms with Crippen LogP contribution < -0.4 is 0 Å². The molecule has 5 aromatic rings. The van der Waals surface area contributed by atoms with Crippen molar-refractivity contribution in [2.75, 3.05) is 0 Å². The average molecular weight is 402 g/mol. The zero-order valence-corrected chi connectivity index (χ0v) is 17.9. The molecule has 3 aromatic carbocycles. The van der Waals surface area contributed by atoms with E-state index in [2.05, 4.69) is 84.9 Å². The second-order valence-corrected chi connectivity index (χ2v) is 8.91. The van der Waals surface area contributed by atoms with Gasteiger partial charge in [0.2, 0.25) is 0 Å². The third-order valence-corrected chi connectivity index (χ3v) is 5.91. The first-order valence-electron chi connectivity index (χ1n) is 10.5. The number of aromatic nitrogens is 2. The molecule has 2 heterocycles. The van der Waals surface area contributed by atoms with E-state index in [0.717, 1.165) is 22.3 Å². The second kappa shape index (κ2) is 7.11. The van der Waals surface area contributed by atoms with Crippen LogP contribution in [0, 0.1) is 11.3 Å².